The van der Waals surface area contributed by atoms with Gasteiger partial charge in [-0.2, -0.15) is 4.98 Å². The Hall–Kier alpha value is -2.96. The molecule has 20 heavy (non-hydrogen) atoms. The molecule has 1 amide bonds. The highest BCUT2D eigenvalue weighted by molar-refractivity contribution is 6.01. The maximum absolute atomic E-state index is 11.8. The van der Waals surface area contributed by atoms with Crippen molar-refractivity contribution in [3.05, 3.63) is 47.6 Å². The summed E-state index contributed by atoms with van der Waals surface area (Å²) in [5, 5.41) is 11.0. The smallest absolute Gasteiger partial charge is 0.328 e. The summed E-state index contributed by atoms with van der Waals surface area (Å²) in [6.45, 7) is 1.74. The van der Waals surface area contributed by atoms with Crippen LogP contribution in [0.4, 0.5) is 6.01 Å². The second-order valence-electron chi connectivity index (χ2n) is 3.90. The fraction of sp³-hybridized carbons (Fsp3) is 0.0769. The maximum Gasteiger partial charge on any atom is 0.328 e. The van der Waals surface area contributed by atoms with Gasteiger partial charge in [0.25, 0.3) is 5.91 Å². The SMILES string of the molecule is Cc1coc(NC(=O)c2ccc(/C=C/C(=O)O)cn2)n1. The summed E-state index contributed by atoms with van der Waals surface area (Å²) in [4.78, 5) is 30.1. The third kappa shape index (κ3) is 3.52. The zero-order valence-corrected chi connectivity index (χ0v) is 10.5. The Labute approximate surface area is 114 Å². The number of carboxylic acids is 1. The van der Waals surface area contributed by atoms with Crippen LogP contribution < -0.4 is 5.32 Å². The zero-order chi connectivity index (χ0) is 14.5. The topological polar surface area (TPSA) is 105 Å². The Bertz CT molecular complexity index is 659. The molecule has 0 spiro atoms. The molecule has 0 aromatic carbocycles. The second kappa shape index (κ2) is 5.79. The normalized spacial score (nSPS) is 10.7. The summed E-state index contributed by atoms with van der Waals surface area (Å²) < 4.78 is 5.00. The maximum atomic E-state index is 11.8. The molecule has 0 bridgehead atoms. The number of aryl methyl sites for hydroxylation is 1. The molecule has 0 aliphatic heterocycles. The number of nitrogens with zero attached hydrogens (tertiary/aromatic N) is 2. The molecule has 0 radical (unpaired) electrons. The van der Waals surface area contributed by atoms with Gasteiger partial charge in [0, 0.05) is 12.3 Å². The van der Waals surface area contributed by atoms with Crippen molar-refractivity contribution in [3.63, 3.8) is 0 Å². The van der Waals surface area contributed by atoms with Crippen LogP contribution >= 0.6 is 0 Å². The summed E-state index contributed by atoms with van der Waals surface area (Å²) in [6, 6.07) is 3.17. The van der Waals surface area contributed by atoms with Crippen molar-refractivity contribution >= 4 is 24.0 Å². The van der Waals surface area contributed by atoms with E-state index in [2.05, 4.69) is 15.3 Å². The van der Waals surface area contributed by atoms with Crippen molar-refractivity contribution < 1.29 is 19.1 Å². The van der Waals surface area contributed by atoms with Crippen LogP contribution in [0, 0.1) is 6.92 Å². The number of nitrogens with one attached hydrogen (secondary N) is 1. The van der Waals surface area contributed by atoms with Crippen LogP contribution in [0.3, 0.4) is 0 Å². The summed E-state index contributed by atoms with van der Waals surface area (Å²) >= 11 is 0. The van der Waals surface area contributed by atoms with Gasteiger partial charge in [-0.25, -0.2) is 4.79 Å². The summed E-state index contributed by atoms with van der Waals surface area (Å²) in [7, 11) is 0. The lowest BCUT2D eigenvalue weighted by Gasteiger charge is -2.00. The molecule has 0 aliphatic carbocycles. The summed E-state index contributed by atoms with van der Waals surface area (Å²) in [5.74, 6) is -1.51. The number of pyridine rings is 1. The molecular formula is C13H11N3O4. The van der Waals surface area contributed by atoms with Gasteiger partial charge in [-0.15, -0.1) is 0 Å². The first kappa shape index (κ1) is 13.5. The molecule has 2 aromatic rings. The number of aromatic nitrogens is 2. The van der Waals surface area contributed by atoms with Gasteiger partial charge in [0.2, 0.25) is 0 Å². The standard InChI is InChI=1S/C13H11N3O4/c1-8-7-20-13(15-8)16-12(19)10-4-2-9(6-14-10)3-5-11(17)18/h2-7H,1H3,(H,17,18)(H,15,16,19)/b5-3+. The number of carbonyl (C=O) groups is 2. The van der Waals surface area contributed by atoms with E-state index in [1.165, 1.54) is 24.6 Å². The Balaban J connectivity index is 2.05. The van der Waals surface area contributed by atoms with Crippen LogP contribution in [-0.2, 0) is 4.79 Å². The van der Waals surface area contributed by atoms with Crippen molar-refractivity contribution in [2.24, 2.45) is 0 Å². The molecule has 0 aliphatic rings. The molecule has 7 nitrogen and oxygen atoms in total. The van der Waals surface area contributed by atoms with E-state index >= 15 is 0 Å². The minimum absolute atomic E-state index is 0.101. The van der Waals surface area contributed by atoms with E-state index in [9.17, 15) is 9.59 Å². The fourth-order valence-electron chi connectivity index (χ4n) is 1.38. The quantitative estimate of drug-likeness (QED) is 0.822. The molecule has 0 saturated heterocycles. The van der Waals surface area contributed by atoms with Gasteiger partial charge in [-0.3, -0.25) is 15.1 Å². The molecule has 2 rings (SSSR count). The van der Waals surface area contributed by atoms with Gasteiger partial charge >= 0.3 is 12.0 Å². The number of hydrogen-bond donors (Lipinski definition) is 2. The number of rotatable bonds is 4. The molecule has 2 N–H and O–H groups in total. The largest absolute Gasteiger partial charge is 0.478 e. The zero-order valence-electron chi connectivity index (χ0n) is 10.5. The van der Waals surface area contributed by atoms with Crippen LogP contribution in [-0.4, -0.2) is 27.0 Å². The second-order valence-corrected chi connectivity index (χ2v) is 3.90. The van der Waals surface area contributed by atoms with E-state index in [0.29, 0.717) is 11.3 Å². The van der Waals surface area contributed by atoms with Crippen molar-refractivity contribution in [1.29, 1.82) is 0 Å². The van der Waals surface area contributed by atoms with Gasteiger partial charge in [-0.05, 0) is 24.6 Å². The average molecular weight is 273 g/mol. The molecule has 2 heterocycles. The number of hydrogen-bond acceptors (Lipinski definition) is 5. The molecule has 2 aromatic heterocycles. The molecule has 102 valence electrons. The van der Waals surface area contributed by atoms with Gasteiger partial charge < -0.3 is 9.52 Å². The molecule has 0 atom stereocenters. The predicted octanol–water partition coefficient (Wildman–Crippen LogP) is 1.73. The van der Waals surface area contributed by atoms with E-state index in [-0.39, 0.29) is 11.7 Å². The molecular weight excluding hydrogens is 262 g/mol. The van der Waals surface area contributed by atoms with Gasteiger partial charge in [-0.1, -0.05) is 6.07 Å². The van der Waals surface area contributed by atoms with Crippen molar-refractivity contribution in [2.75, 3.05) is 5.32 Å². The van der Waals surface area contributed by atoms with E-state index in [0.717, 1.165) is 6.08 Å². The van der Waals surface area contributed by atoms with Crippen molar-refractivity contribution in [1.82, 2.24) is 9.97 Å². The highest BCUT2D eigenvalue weighted by Crippen LogP contribution is 2.09. The van der Waals surface area contributed by atoms with E-state index in [1.807, 2.05) is 0 Å². The van der Waals surface area contributed by atoms with Gasteiger partial charge in [0.1, 0.15) is 12.0 Å². The van der Waals surface area contributed by atoms with Crippen LogP contribution in [0.25, 0.3) is 6.08 Å². The van der Waals surface area contributed by atoms with Crippen LogP contribution in [0.2, 0.25) is 0 Å². The Kier molecular flexibility index (Phi) is 3.90. The number of anilines is 1. The van der Waals surface area contributed by atoms with Crippen LogP contribution in [0.1, 0.15) is 21.7 Å². The highest BCUT2D eigenvalue weighted by atomic mass is 16.4. The summed E-state index contributed by atoms with van der Waals surface area (Å²) in [6.07, 6.45) is 5.19. The Morgan fingerprint density at radius 1 is 1.40 bits per heavy atom. The van der Waals surface area contributed by atoms with E-state index < -0.39 is 11.9 Å². The van der Waals surface area contributed by atoms with Crippen molar-refractivity contribution in [3.8, 4) is 0 Å². The van der Waals surface area contributed by atoms with Gasteiger partial charge in [0.15, 0.2) is 0 Å². The fourth-order valence-corrected chi connectivity index (χ4v) is 1.38. The number of oxazole rings is 1. The molecule has 7 heteroatoms. The highest BCUT2D eigenvalue weighted by Gasteiger charge is 2.10. The van der Waals surface area contributed by atoms with Crippen molar-refractivity contribution in [2.45, 2.75) is 6.92 Å². The molecule has 0 saturated carbocycles. The first-order valence-electron chi connectivity index (χ1n) is 5.65. The lowest BCUT2D eigenvalue weighted by atomic mass is 10.2. The third-order valence-corrected chi connectivity index (χ3v) is 2.28. The lowest BCUT2D eigenvalue weighted by molar-refractivity contribution is -0.131. The Morgan fingerprint density at radius 2 is 2.20 bits per heavy atom. The Morgan fingerprint density at radius 3 is 2.75 bits per heavy atom. The number of aliphatic carboxylic acids is 1. The summed E-state index contributed by atoms with van der Waals surface area (Å²) in [5.41, 5.74) is 1.41. The number of carboxylic acid groups (broad SMARTS) is 1. The monoisotopic (exact) mass is 273 g/mol. The lowest BCUT2D eigenvalue weighted by Crippen LogP contribution is -2.13. The minimum Gasteiger partial charge on any atom is -0.478 e. The molecule has 0 unspecified atom stereocenters. The number of amides is 1. The van der Waals surface area contributed by atoms with Gasteiger partial charge in [0.05, 0.1) is 5.69 Å². The first-order valence-corrected chi connectivity index (χ1v) is 5.65. The van der Waals surface area contributed by atoms with E-state index in [1.54, 1.807) is 13.0 Å². The van der Waals surface area contributed by atoms with E-state index in [4.69, 9.17) is 9.52 Å². The van der Waals surface area contributed by atoms with Crippen LogP contribution in [0.15, 0.2) is 35.1 Å². The molecule has 0 fully saturated rings. The number of carbonyl (C=O) groups excluding carboxylic acids is 1. The average Bonchev–Trinajstić information content (AvgIpc) is 2.82. The third-order valence-electron chi connectivity index (χ3n) is 2.28. The van der Waals surface area contributed by atoms with Crippen LogP contribution in [0.5, 0.6) is 0 Å². The predicted molar refractivity (Wildman–Crippen MR) is 70.1 cm³/mol. The first-order chi connectivity index (χ1) is 9.54. The minimum atomic E-state index is -1.05.